The van der Waals surface area contributed by atoms with Crippen molar-refractivity contribution in [1.29, 1.82) is 0 Å². The first-order valence-electron chi connectivity index (χ1n) is 20.2. The maximum absolute atomic E-state index is 11.4. The van der Waals surface area contributed by atoms with E-state index >= 15 is 0 Å². The van der Waals surface area contributed by atoms with Crippen molar-refractivity contribution in [3.8, 4) is 11.5 Å². The number of allylic oxidation sites excluding steroid dienone is 2. The second-order valence-electron chi connectivity index (χ2n) is 4.55. The topological polar surface area (TPSA) is 29.5 Å². The van der Waals surface area contributed by atoms with Crippen LogP contribution in [0.2, 0.25) is 0 Å². The summed E-state index contributed by atoms with van der Waals surface area (Å²) < 4.78 is 236. The Balaban J connectivity index is 2.75. The van der Waals surface area contributed by atoms with Crippen molar-refractivity contribution in [3.63, 3.8) is 0 Å². The second kappa shape index (κ2) is 6.22. The van der Waals surface area contributed by atoms with Gasteiger partial charge in [-0.2, -0.15) is 0 Å². The summed E-state index contributed by atoms with van der Waals surface area (Å²) in [6.07, 6.45) is -25.8. The molecule has 0 amide bonds. The van der Waals surface area contributed by atoms with Gasteiger partial charge < -0.3 is 9.84 Å². The second-order valence-corrected chi connectivity index (χ2v) is 4.55. The van der Waals surface area contributed by atoms with E-state index in [1.807, 2.05) is 0 Å². The molecule has 3 rings (SSSR count). The Labute approximate surface area is 179 Å². The lowest BCUT2D eigenvalue weighted by Crippen LogP contribution is -2.45. The Kier molecular flexibility index (Phi) is 0.927. The third kappa shape index (κ3) is 3.13. The molecular formula is C21H30O2. The van der Waals surface area contributed by atoms with E-state index < -0.39 is 123 Å². The highest BCUT2D eigenvalue weighted by Crippen LogP contribution is 2.53. The molecule has 1 aliphatic carbocycles. The number of hydrogen-bond donors (Lipinski definition) is 1. The number of ether oxygens (including phenoxy) is 1. The number of phenols is 1. The molecule has 0 fully saturated rings. The molecule has 0 unspecified atom stereocenters. The maximum Gasteiger partial charge on any atom is 0.127 e. The lowest BCUT2D eigenvalue weighted by molar-refractivity contribution is 0.0107. The number of aryl methyl sites for hydroxylation is 1. The SMILES string of the molecule is [2H]C1=C(C([2H])([2H])[2H])C([2H])([2H])C([2H])([2H])[C@@]2([2H])C(C([2H])([2H])[2H])(C([2H])([2H])[2H])Oc3cc(C([2H])([2H])C([2H])([2H])C([2H])([2H])C([2H])([2H])C([2H])([2H])[2H])c([2H])c(O)c3[C@]12[2H]. The maximum atomic E-state index is 11.4. The molecular weight excluding hydrogens is 284 g/mol. The normalized spacial score (nSPS) is 59.0. The summed E-state index contributed by atoms with van der Waals surface area (Å²) in [6.45, 7) is -16.6. The quantitative estimate of drug-likeness (QED) is 0.707. The van der Waals surface area contributed by atoms with Crippen LogP contribution in [0.15, 0.2) is 23.7 Å². The first kappa shape index (κ1) is 3.43. The molecule has 0 bridgehead atoms. The van der Waals surface area contributed by atoms with E-state index in [1.165, 1.54) is 0 Å². The minimum Gasteiger partial charge on any atom is -0.507 e. The van der Waals surface area contributed by atoms with Gasteiger partial charge in [-0.1, -0.05) is 31.2 Å². The predicted octanol–water partition coefficient (Wildman–Crippen LogP) is 5.74. The van der Waals surface area contributed by atoms with E-state index in [-0.39, 0.29) is 6.07 Å². The van der Waals surface area contributed by atoms with Crippen molar-refractivity contribution in [1.82, 2.24) is 0 Å². The molecule has 0 saturated carbocycles. The average Bonchev–Trinajstić information content (AvgIpc) is 2.87. The molecule has 1 aromatic rings. The highest BCUT2D eigenvalue weighted by Gasteiger charge is 2.45. The molecule has 0 aromatic heterocycles. The number of rotatable bonds is 4. The number of hydrogen-bond acceptors (Lipinski definition) is 2. The van der Waals surface area contributed by atoms with Crippen molar-refractivity contribution in [2.75, 3.05) is 0 Å². The van der Waals surface area contributed by atoms with Crippen LogP contribution in [0.4, 0.5) is 0 Å². The molecule has 0 saturated heterocycles. The molecule has 1 N–H and O–H groups in total. The smallest absolute Gasteiger partial charge is 0.127 e. The van der Waals surface area contributed by atoms with Crippen LogP contribution < -0.4 is 4.74 Å². The molecule has 2 heteroatoms. The van der Waals surface area contributed by atoms with Crippen LogP contribution in [0.1, 0.15) is 115 Å². The Morgan fingerprint density at radius 1 is 1.57 bits per heavy atom. The number of fused-ring (bicyclic) bond motifs is 3. The summed E-state index contributed by atoms with van der Waals surface area (Å²) in [4.78, 5) is 0. The van der Waals surface area contributed by atoms with Crippen molar-refractivity contribution in [2.45, 2.75) is 77.1 Å². The molecule has 1 aliphatic heterocycles. The zero-order valence-corrected chi connectivity index (χ0v) is 11.4. The Bertz CT molecular complexity index is 1620. The third-order valence-corrected chi connectivity index (χ3v) is 3.01. The number of aromatic hydroxyl groups is 1. The van der Waals surface area contributed by atoms with Gasteiger partial charge in [0.25, 0.3) is 0 Å². The Hall–Kier alpha value is -1.44. The van der Waals surface area contributed by atoms with Gasteiger partial charge in [-0.3, -0.25) is 0 Å². The Morgan fingerprint density at radius 3 is 3.26 bits per heavy atom. The fourth-order valence-electron chi connectivity index (χ4n) is 2.14. The van der Waals surface area contributed by atoms with E-state index in [1.54, 1.807) is 0 Å². The van der Waals surface area contributed by atoms with Gasteiger partial charge in [0, 0.05) is 53.0 Å². The van der Waals surface area contributed by atoms with E-state index in [2.05, 4.69) is 0 Å². The van der Waals surface area contributed by atoms with E-state index in [0.29, 0.717) is 0 Å². The summed E-state index contributed by atoms with van der Waals surface area (Å²) in [5, 5.41) is 11.4. The van der Waals surface area contributed by atoms with Crippen LogP contribution in [0.3, 0.4) is 0 Å². The molecule has 0 radical (unpaired) electrons. The highest BCUT2D eigenvalue weighted by molar-refractivity contribution is 5.53. The molecule has 1 heterocycles. The lowest BCUT2D eigenvalue weighted by atomic mass is 9.68. The minimum atomic E-state index is -4.56. The van der Waals surface area contributed by atoms with Crippen LogP contribution in [0, 0.1) is 5.89 Å². The largest absolute Gasteiger partial charge is 0.507 e. The summed E-state index contributed by atoms with van der Waals surface area (Å²) in [7, 11) is 0. The van der Waals surface area contributed by atoms with Crippen molar-refractivity contribution in [2.24, 2.45) is 5.89 Å². The first-order valence-corrected chi connectivity index (χ1v) is 6.21. The molecule has 1 aromatic carbocycles. The summed E-state index contributed by atoms with van der Waals surface area (Å²) >= 11 is 0. The van der Waals surface area contributed by atoms with Crippen molar-refractivity contribution >= 4 is 0 Å². The molecule has 0 spiro atoms. The van der Waals surface area contributed by atoms with E-state index in [9.17, 15) is 7.85 Å². The van der Waals surface area contributed by atoms with Gasteiger partial charge in [0.05, 0.1) is 2.74 Å². The summed E-state index contributed by atoms with van der Waals surface area (Å²) in [5.74, 6) is -12.3. The van der Waals surface area contributed by atoms with Crippen molar-refractivity contribution in [3.05, 3.63) is 34.9 Å². The van der Waals surface area contributed by atoms with Crippen LogP contribution in [-0.4, -0.2) is 10.7 Å². The fourth-order valence-corrected chi connectivity index (χ4v) is 2.14. The van der Waals surface area contributed by atoms with Crippen LogP contribution in [0.25, 0.3) is 0 Å². The monoisotopic (exact) mass is 342 g/mol. The standard InChI is InChI=1S/C21H30O2/c1-5-6-7-8-15-12-18(22)20-16-11-14(2)9-10-17(16)21(3,4)23-19(20)13-15/h11-13,16-17,22H,5-10H2,1-4H3/t16-,17-/m1/s1/i1D3,2D3,3D3,4D3,5D2,6D2,7D2,8D2,9D2,10D2,11D,12D,16D,17D. The average molecular weight is 343 g/mol. The molecule has 2 atom stereocenters. The number of phenolic OH excluding ortho intramolecular Hbond substituents is 1. The molecule has 2 aliphatic rings. The highest BCUT2D eigenvalue weighted by atomic mass is 16.5. The first-order chi connectivity index (χ1) is 21.9. The van der Waals surface area contributed by atoms with Crippen LogP contribution in [0.5, 0.6) is 11.5 Å². The van der Waals surface area contributed by atoms with Gasteiger partial charge in [-0.25, -0.2) is 0 Å². The van der Waals surface area contributed by atoms with Gasteiger partial charge in [-0.05, 0) is 63.7 Å². The molecule has 2 nitrogen and oxygen atoms in total. The van der Waals surface area contributed by atoms with E-state index in [4.69, 9.17) is 40.4 Å². The third-order valence-electron chi connectivity index (χ3n) is 3.01. The predicted molar refractivity (Wildman–Crippen MR) is 95.3 cm³/mol. The Morgan fingerprint density at radius 2 is 2.48 bits per heavy atom. The van der Waals surface area contributed by atoms with Gasteiger partial charge in [-0.15, -0.1) is 0 Å². The molecule has 126 valence electrons. The zero-order chi connectivity index (χ0) is 41.0. The van der Waals surface area contributed by atoms with E-state index in [0.717, 1.165) is 0 Å². The van der Waals surface area contributed by atoms with Gasteiger partial charge >= 0.3 is 0 Å². The minimum absolute atomic E-state index is 0.0133. The zero-order valence-electron chi connectivity index (χ0n) is 39.4. The van der Waals surface area contributed by atoms with Crippen molar-refractivity contribution < 1.29 is 48.2 Å². The van der Waals surface area contributed by atoms with Crippen LogP contribution in [-0.2, 0) is 6.37 Å². The lowest BCUT2D eigenvalue weighted by Gasteiger charge is -2.46. The summed E-state index contributed by atoms with van der Waals surface area (Å²) in [5.41, 5.74) is -9.71. The fraction of sp³-hybridized carbons (Fsp3) is 0.619. The van der Waals surface area contributed by atoms with Gasteiger partial charge in [0.1, 0.15) is 17.1 Å². The molecule has 23 heavy (non-hydrogen) atoms. The van der Waals surface area contributed by atoms with Gasteiger partial charge in [0.15, 0.2) is 0 Å². The van der Waals surface area contributed by atoms with Crippen LogP contribution >= 0.6 is 0 Å². The summed E-state index contributed by atoms with van der Waals surface area (Å²) in [6, 6.07) is -3.71. The van der Waals surface area contributed by atoms with Gasteiger partial charge in [0.2, 0.25) is 0 Å². The number of benzene rings is 1.